The predicted molar refractivity (Wildman–Crippen MR) is 108 cm³/mol. The Balaban J connectivity index is 1.90. The lowest BCUT2D eigenvalue weighted by atomic mass is 10.2. The number of rotatable bonds is 10. The zero-order valence-corrected chi connectivity index (χ0v) is 16.4. The van der Waals surface area contributed by atoms with Crippen molar-refractivity contribution in [3.63, 3.8) is 0 Å². The van der Waals surface area contributed by atoms with Gasteiger partial charge in [0.25, 0.3) is 5.91 Å². The van der Waals surface area contributed by atoms with E-state index in [9.17, 15) is 4.79 Å². The van der Waals surface area contributed by atoms with Gasteiger partial charge in [0.05, 0.1) is 40.7 Å². The summed E-state index contributed by atoms with van der Waals surface area (Å²) in [6.07, 6.45) is 1.50. The van der Waals surface area contributed by atoms with E-state index in [4.69, 9.17) is 18.9 Å². The average Bonchev–Trinajstić information content (AvgIpc) is 2.72. The van der Waals surface area contributed by atoms with Crippen LogP contribution in [0, 0.1) is 0 Å². The highest BCUT2D eigenvalue weighted by Crippen LogP contribution is 2.37. The highest BCUT2D eigenvalue weighted by Gasteiger charge is 2.12. The molecule has 0 unspecified atom stereocenters. The summed E-state index contributed by atoms with van der Waals surface area (Å²) in [5, 5.41) is 6.98. The van der Waals surface area contributed by atoms with Crippen LogP contribution in [0.3, 0.4) is 0 Å². The first-order valence-corrected chi connectivity index (χ1v) is 8.69. The van der Waals surface area contributed by atoms with Gasteiger partial charge in [0, 0.05) is 11.3 Å². The van der Waals surface area contributed by atoms with Crippen molar-refractivity contribution in [2.45, 2.75) is 6.92 Å². The van der Waals surface area contributed by atoms with E-state index in [1.165, 1.54) is 27.5 Å². The van der Waals surface area contributed by atoms with Gasteiger partial charge in [0.2, 0.25) is 5.75 Å². The molecule has 8 nitrogen and oxygen atoms in total. The molecule has 0 saturated carbocycles. The Kier molecular flexibility index (Phi) is 7.95. The van der Waals surface area contributed by atoms with Crippen molar-refractivity contribution in [1.29, 1.82) is 0 Å². The van der Waals surface area contributed by atoms with Crippen LogP contribution in [-0.4, -0.2) is 46.6 Å². The molecule has 2 rings (SSSR count). The molecule has 8 heteroatoms. The number of methoxy groups -OCH3 is 3. The number of anilines is 1. The molecule has 2 N–H and O–H groups in total. The minimum atomic E-state index is -0.280. The quantitative estimate of drug-likeness (QED) is 0.481. The van der Waals surface area contributed by atoms with Gasteiger partial charge in [0.1, 0.15) is 5.75 Å². The molecule has 1 amide bonds. The SMILES string of the molecule is CCOc1ccc(NCC(=O)N/N=C\c2cc(OC)c(OC)c(OC)c2)cc1. The molecule has 0 saturated heterocycles. The number of nitrogens with one attached hydrogen (secondary N) is 2. The highest BCUT2D eigenvalue weighted by molar-refractivity contribution is 5.85. The van der Waals surface area contributed by atoms with Crippen LogP contribution in [0.2, 0.25) is 0 Å². The third kappa shape index (κ3) is 5.80. The summed E-state index contributed by atoms with van der Waals surface area (Å²) in [5.41, 5.74) is 3.97. The van der Waals surface area contributed by atoms with E-state index in [0.29, 0.717) is 29.4 Å². The van der Waals surface area contributed by atoms with E-state index in [1.807, 2.05) is 31.2 Å². The summed E-state index contributed by atoms with van der Waals surface area (Å²) in [5.74, 6) is 2.01. The van der Waals surface area contributed by atoms with Crippen LogP contribution in [0.25, 0.3) is 0 Å². The number of carbonyl (C=O) groups is 1. The van der Waals surface area contributed by atoms with Crippen molar-refractivity contribution in [3.05, 3.63) is 42.0 Å². The lowest BCUT2D eigenvalue weighted by Gasteiger charge is -2.12. The van der Waals surface area contributed by atoms with Crippen LogP contribution in [-0.2, 0) is 4.79 Å². The number of amides is 1. The van der Waals surface area contributed by atoms with Gasteiger partial charge < -0.3 is 24.3 Å². The van der Waals surface area contributed by atoms with Crippen molar-refractivity contribution in [2.75, 3.05) is 39.8 Å². The molecular formula is C20H25N3O5. The summed E-state index contributed by atoms with van der Waals surface area (Å²) < 4.78 is 21.2. The van der Waals surface area contributed by atoms with Gasteiger partial charge in [-0.25, -0.2) is 5.43 Å². The number of nitrogens with zero attached hydrogens (tertiary/aromatic N) is 1. The minimum absolute atomic E-state index is 0.0839. The lowest BCUT2D eigenvalue weighted by molar-refractivity contribution is -0.119. The van der Waals surface area contributed by atoms with Crippen LogP contribution in [0.1, 0.15) is 12.5 Å². The van der Waals surface area contributed by atoms with E-state index in [2.05, 4.69) is 15.8 Å². The second-order valence-electron chi connectivity index (χ2n) is 5.56. The summed E-state index contributed by atoms with van der Waals surface area (Å²) in [6, 6.07) is 10.8. The Morgan fingerprint density at radius 1 is 1.04 bits per heavy atom. The van der Waals surface area contributed by atoms with Gasteiger partial charge in [-0.2, -0.15) is 5.10 Å². The van der Waals surface area contributed by atoms with E-state index >= 15 is 0 Å². The van der Waals surface area contributed by atoms with Crippen LogP contribution >= 0.6 is 0 Å². The number of hydrazone groups is 1. The molecule has 0 aliphatic carbocycles. The first kappa shape index (κ1) is 20.9. The number of hydrogen-bond acceptors (Lipinski definition) is 7. The fraction of sp³-hybridized carbons (Fsp3) is 0.300. The Morgan fingerprint density at radius 2 is 1.68 bits per heavy atom. The normalized spacial score (nSPS) is 10.4. The van der Waals surface area contributed by atoms with Crippen molar-refractivity contribution in [2.24, 2.45) is 5.10 Å². The van der Waals surface area contributed by atoms with Gasteiger partial charge in [-0.15, -0.1) is 0 Å². The second-order valence-corrected chi connectivity index (χ2v) is 5.56. The van der Waals surface area contributed by atoms with Gasteiger partial charge in [-0.3, -0.25) is 4.79 Å². The van der Waals surface area contributed by atoms with Crippen molar-refractivity contribution in [1.82, 2.24) is 5.43 Å². The Morgan fingerprint density at radius 3 is 2.21 bits per heavy atom. The molecule has 2 aromatic rings. The van der Waals surface area contributed by atoms with E-state index in [-0.39, 0.29) is 12.5 Å². The van der Waals surface area contributed by atoms with Gasteiger partial charge >= 0.3 is 0 Å². The maximum Gasteiger partial charge on any atom is 0.259 e. The zero-order chi connectivity index (χ0) is 20.4. The maximum absolute atomic E-state index is 11.9. The molecule has 0 aliphatic heterocycles. The van der Waals surface area contributed by atoms with Crippen LogP contribution in [0.15, 0.2) is 41.5 Å². The summed E-state index contributed by atoms with van der Waals surface area (Å²) >= 11 is 0. The van der Waals surface area contributed by atoms with Crippen molar-refractivity contribution in [3.8, 4) is 23.0 Å². The molecule has 0 spiro atoms. The molecule has 28 heavy (non-hydrogen) atoms. The summed E-state index contributed by atoms with van der Waals surface area (Å²) in [7, 11) is 4.60. The summed E-state index contributed by atoms with van der Waals surface area (Å²) in [4.78, 5) is 11.9. The average molecular weight is 387 g/mol. The fourth-order valence-corrected chi connectivity index (χ4v) is 2.41. The van der Waals surface area contributed by atoms with Crippen molar-refractivity contribution >= 4 is 17.8 Å². The smallest absolute Gasteiger partial charge is 0.259 e. The Labute approximate surface area is 164 Å². The first-order valence-electron chi connectivity index (χ1n) is 8.69. The predicted octanol–water partition coefficient (Wildman–Crippen LogP) is 2.67. The maximum atomic E-state index is 11.9. The minimum Gasteiger partial charge on any atom is -0.494 e. The van der Waals surface area contributed by atoms with Crippen LogP contribution in [0.5, 0.6) is 23.0 Å². The molecule has 0 aliphatic rings. The fourth-order valence-electron chi connectivity index (χ4n) is 2.41. The largest absolute Gasteiger partial charge is 0.494 e. The number of ether oxygens (including phenoxy) is 4. The first-order chi connectivity index (χ1) is 13.6. The number of hydrogen-bond donors (Lipinski definition) is 2. The zero-order valence-electron chi connectivity index (χ0n) is 16.4. The number of benzene rings is 2. The molecule has 0 aromatic heterocycles. The van der Waals surface area contributed by atoms with E-state index in [0.717, 1.165) is 11.4 Å². The monoisotopic (exact) mass is 387 g/mol. The molecule has 0 fully saturated rings. The van der Waals surface area contributed by atoms with E-state index in [1.54, 1.807) is 12.1 Å². The molecule has 150 valence electrons. The van der Waals surface area contributed by atoms with Gasteiger partial charge in [0.15, 0.2) is 11.5 Å². The Hall–Kier alpha value is -3.42. The molecule has 0 radical (unpaired) electrons. The number of carbonyl (C=O) groups excluding carboxylic acids is 1. The third-order valence-electron chi connectivity index (χ3n) is 3.71. The lowest BCUT2D eigenvalue weighted by Crippen LogP contribution is -2.25. The van der Waals surface area contributed by atoms with Crippen LogP contribution < -0.4 is 29.7 Å². The standard InChI is InChI=1S/C20H25N3O5/c1-5-28-16-8-6-15(7-9-16)21-13-19(24)23-22-12-14-10-17(25-2)20(27-4)18(11-14)26-3/h6-12,21H,5,13H2,1-4H3,(H,23,24)/b22-12-. The molecule has 2 aromatic carbocycles. The third-order valence-corrected chi connectivity index (χ3v) is 3.71. The van der Waals surface area contributed by atoms with Crippen molar-refractivity contribution < 1.29 is 23.7 Å². The highest BCUT2D eigenvalue weighted by atomic mass is 16.5. The second kappa shape index (κ2) is 10.7. The summed E-state index contributed by atoms with van der Waals surface area (Å²) in [6.45, 7) is 2.62. The topological polar surface area (TPSA) is 90.4 Å². The molecular weight excluding hydrogens is 362 g/mol. The molecule has 0 bridgehead atoms. The molecule has 0 atom stereocenters. The molecule has 0 heterocycles. The van der Waals surface area contributed by atoms with Gasteiger partial charge in [-0.05, 0) is 43.3 Å². The Bertz CT molecular complexity index is 781. The van der Waals surface area contributed by atoms with Gasteiger partial charge in [-0.1, -0.05) is 0 Å². The van der Waals surface area contributed by atoms with Crippen LogP contribution in [0.4, 0.5) is 5.69 Å². The van der Waals surface area contributed by atoms with E-state index < -0.39 is 0 Å².